The highest BCUT2D eigenvalue weighted by atomic mass is 35.5. The summed E-state index contributed by atoms with van der Waals surface area (Å²) in [5.41, 5.74) is 1.26. The summed E-state index contributed by atoms with van der Waals surface area (Å²) in [5.74, 6) is 0.170. The number of hydrogen-bond donors (Lipinski definition) is 1. The van der Waals surface area contributed by atoms with Crippen LogP contribution in [0.2, 0.25) is 5.02 Å². The zero-order valence-corrected chi connectivity index (χ0v) is 23.1. The third-order valence-corrected chi connectivity index (χ3v) is 7.33. The molecular formula is C26H36ClN3O5S. The van der Waals surface area contributed by atoms with E-state index in [4.69, 9.17) is 16.3 Å². The Morgan fingerprint density at radius 1 is 1.11 bits per heavy atom. The number of benzene rings is 2. The van der Waals surface area contributed by atoms with Crippen LogP contribution < -0.4 is 14.4 Å². The molecule has 10 heteroatoms. The summed E-state index contributed by atoms with van der Waals surface area (Å²) in [6.07, 6.45) is 2.23. The fraction of sp³-hybridized carbons (Fsp3) is 0.462. The largest absolute Gasteiger partial charge is 0.497 e. The molecule has 0 spiro atoms. The smallest absolute Gasteiger partial charge is 0.242 e. The van der Waals surface area contributed by atoms with Gasteiger partial charge in [-0.3, -0.25) is 13.9 Å². The first kappa shape index (κ1) is 29.5. The van der Waals surface area contributed by atoms with Gasteiger partial charge in [0, 0.05) is 30.6 Å². The van der Waals surface area contributed by atoms with Gasteiger partial charge >= 0.3 is 0 Å². The average Bonchev–Trinajstić information content (AvgIpc) is 2.83. The lowest BCUT2D eigenvalue weighted by molar-refractivity contribution is -0.140. The van der Waals surface area contributed by atoms with E-state index in [-0.39, 0.29) is 43.8 Å². The standard InChI is InChI=1S/C26H36ClN3O5S/c1-6-19(2)28-26(32)20(3)29(18-21-10-7-13-24(16-21)35-4)25(31)14-9-15-30(36(5,33)34)23-12-8-11-22(27)17-23/h7-8,10-13,16-17,19-20H,6,9,14-15,18H2,1-5H3,(H,28,32)/t19-,20+/m1/s1. The van der Waals surface area contributed by atoms with Gasteiger partial charge in [-0.05, 0) is 62.6 Å². The van der Waals surface area contributed by atoms with Crippen LogP contribution in [0.15, 0.2) is 48.5 Å². The third kappa shape index (κ3) is 8.71. The summed E-state index contributed by atoms with van der Waals surface area (Å²) in [5, 5.41) is 3.36. The zero-order chi connectivity index (χ0) is 26.9. The van der Waals surface area contributed by atoms with Gasteiger partial charge in [0.15, 0.2) is 0 Å². The molecule has 0 aliphatic heterocycles. The SMILES string of the molecule is CC[C@@H](C)NC(=O)[C@H](C)N(Cc1cccc(OC)c1)C(=O)CCCN(c1cccc(Cl)c1)S(C)(=O)=O. The Morgan fingerprint density at radius 2 is 1.81 bits per heavy atom. The Bertz CT molecular complexity index is 1140. The Balaban J connectivity index is 2.19. The van der Waals surface area contributed by atoms with Crippen molar-refractivity contribution in [3.05, 3.63) is 59.1 Å². The molecule has 2 amide bonds. The van der Waals surface area contributed by atoms with E-state index in [1.165, 1.54) is 9.21 Å². The highest BCUT2D eigenvalue weighted by Crippen LogP contribution is 2.23. The number of sulfonamides is 1. The molecule has 2 aromatic carbocycles. The Morgan fingerprint density at radius 3 is 2.42 bits per heavy atom. The topological polar surface area (TPSA) is 96.0 Å². The second-order valence-corrected chi connectivity index (χ2v) is 11.1. The van der Waals surface area contributed by atoms with Crippen LogP contribution in [0.5, 0.6) is 5.75 Å². The molecule has 36 heavy (non-hydrogen) atoms. The maximum Gasteiger partial charge on any atom is 0.242 e. The lowest BCUT2D eigenvalue weighted by Gasteiger charge is -2.30. The first-order valence-corrected chi connectivity index (χ1v) is 14.1. The van der Waals surface area contributed by atoms with Gasteiger partial charge in [-0.1, -0.05) is 36.7 Å². The molecule has 0 fully saturated rings. The van der Waals surface area contributed by atoms with Crippen molar-refractivity contribution in [2.75, 3.05) is 24.2 Å². The lowest BCUT2D eigenvalue weighted by atomic mass is 10.1. The van der Waals surface area contributed by atoms with Crippen LogP contribution in [0.4, 0.5) is 5.69 Å². The molecule has 1 N–H and O–H groups in total. The van der Waals surface area contributed by atoms with Crippen molar-refractivity contribution < 1.29 is 22.7 Å². The molecule has 2 aromatic rings. The van der Waals surface area contributed by atoms with E-state index >= 15 is 0 Å². The maximum atomic E-state index is 13.4. The minimum Gasteiger partial charge on any atom is -0.497 e. The quantitative estimate of drug-likeness (QED) is 0.412. The van der Waals surface area contributed by atoms with Crippen LogP contribution in [-0.2, 0) is 26.2 Å². The normalized spacial score (nSPS) is 12.9. The molecule has 0 bridgehead atoms. The summed E-state index contributed by atoms with van der Waals surface area (Å²) in [4.78, 5) is 27.7. The molecule has 0 aliphatic rings. The highest BCUT2D eigenvalue weighted by Gasteiger charge is 2.27. The van der Waals surface area contributed by atoms with Crippen molar-refractivity contribution in [3.63, 3.8) is 0 Å². The molecule has 0 saturated heterocycles. The molecule has 2 rings (SSSR count). The van der Waals surface area contributed by atoms with Gasteiger partial charge in [-0.15, -0.1) is 0 Å². The monoisotopic (exact) mass is 537 g/mol. The van der Waals surface area contributed by atoms with Crippen molar-refractivity contribution in [3.8, 4) is 5.75 Å². The van der Waals surface area contributed by atoms with E-state index in [1.54, 1.807) is 38.3 Å². The summed E-state index contributed by atoms with van der Waals surface area (Å²) >= 11 is 6.05. The predicted octanol–water partition coefficient (Wildman–Crippen LogP) is 4.23. The fourth-order valence-corrected chi connectivity index (χ4v) is 4.79. The van der Waals surface area contributed by atoms with Crippen molar-refractivity contribution in [1.29, 1.82) is 0 Å². The van der Waals surface area contributed by atoms with E-state index in [0.29, 0.717) is 16.5 Å². The summed E-state index contributed by atoms with van der Waals surface area (Å²) in [6.45, 7) is 5.90. The minimum atomic E-state index is -3.58. The van der Waals surface area contributed by atoms with Gasteiger partial charge in [-0.25, -0.2) is 8.42 Å². The maximum absolute atomic E-state index is 13.4. The van der Waals surface area contributed by atoms with E-state index in [9.17, 15) is 18.0 Å². The molecule has 198 valence electrons. The van der Waals surface area contributed by atoms with Crippen LogP contribution >= 0.6 is 11.6 Å². The van der Waals surface area contributed by atoms with Crippen LogP contribution in [0.1, 0.15) is 45.6 Å². The van der Waals surface area contributed by atoms with E-state index in [2.05, 4.69) is 5.32 Å². The molecule has 0 heterocycles. The van der Waals surface area contributed by atoms with Gasteiger partial charge in [0.25, 0.3) is 0 Å². The van der Waals surface area contributed by atoms with Crippen molar-refractivity contribution in [1.82, 2.24) is 10.2 Å². The summed E-state index contributed by atoms with van der Waals surface area (Å²) < 4.78 is 31.3. The number of nitrogens with zero attached hydrogens (tertiary/aromatic N) is 2. The second-order valence-electron chi connectivity index (χ2n) is 8.79. The van der Waals surface area contributed by atoms with Crippen LogP contribution in [0, 0.1) is 0 Å². The Kier molecular flexibility index (Phi) is 11.0. The van der Waals surface area contributed by atoms with Crippen molar-refractivity contribution in [2.24, 2.45) is 0 Å². The second kappa shape index (κ2) is 13.5. The van der Waals surface area contributed by atoms with Crippen LogP contribution in [0.25, 0.3) is 0 Å². The highest BCUT2D eigenvalue weighted by molar-refractivity contribution is 7.92. The molecule has 2 atom stereocenters. The van der Waals surface area contributed by atoms with Gasteiger partial charge in [0.05, 0.1) is 19.1 Å². The Hall–Kier alpha value is -2.78. The van der Waals surface area contributed by atoms with Gasteiger partial charge in [-0.2, -0.15) is 0 Å². The van der Waals surface area contributed by atoms with Crippen molar-refractivity contribution in [2.45, 2.75) is 58.7 Å². The minimum absolute atomic E-state index is 0.0188. The molecule has 0 aromatic heterocycles. The number of carbonyl (C=O) groups is 2. The van der Waals surface area contributed by atoms with Crippen LogP contribution in [0.3, 0.4) is 0 Å². The number of methoxy groups -OCH3 is 1. The Labute approximate surface area is 219 Å². The number of carbonyl (C=O) groups excluding carboxylic acids is 2. The molecule has 8 nitrogen and oxygen atoms in total. The molecule has 0 aliphatic carbocycles. The van der Waals surface area contributed by atoms with Crippen LogP contribution in [-0.4, -0.2) is 57.1 Å². The fourth-order valence-electron chi connectivity index (χ4n) is 3.65. The first-order chi connectivity index (χ1) is 17.0. The third-order valence-electron chi connectivity index (χ3n) is 5.90. The molecule has 0 unspecified atom stereocenters. The van der Waals surface area contributed by atoms with E-state index in [1.807, 2.05) is 38.1 Å². The number of rotatable bonds is 13. The number of hydrogen-bond acceptors (Lipinski definition) is 5. The van der Waals surface area contributed by atoms with Gasteiger partial charge < -0.3 is 15.0 Å². The van der Waals surface area contributed by atoms with Crippen molar-refractivity contribution >= 4 is 39.1 Å². The number of anilines is 1. The summed E-state index contributed by atoms with van der Waals surface area (Å²) in [6, 6.07) is 13.2. The number of nitrogens with one attached hydrogen (secondary N) is 1. The number of halogens is 1. The zero-order valence-electron chi connectivity index (χ0n) is 21.5. The predicted molar refractivity (Wildman–Crippen MR) is 144 cm³/mol. The van der Waals surface area contributed by atoms with E-state index in [0.717, 1.165) is 18.2 Å². The molecule has 0 saturated carbocycles. The molecular weight excluding hydrogens is 502 g/mol. The van der Waals surface area contributed by atoms with Gasteiger partial charge in [0.1, 0.15) is 11.8 Å². The van der Waals surface area contributed by atoms with E-state index < -0.39 is 16.1 Å². The number of amides is 2. The molecule has 0 radical (unpaired) electrons. The number of ether oxygens (including phenoxy) is 1. The first-order valence-electron chi connectivity index (χ1n) is 11.9. The average molecular weight is 538 g/mol. The summed E-state index contributed by atoms with van der Waals surface area (Å²) in [7, 11) is -2.02. The van der Waals surface area contributed by atoms with Gasteiger partial charge in [0.2, 0.25) is 21.8 Å². The lowest BCUT2D eigenvalue weighted by Crippen LogP contribution is -2.49.